The molecule has 9 nitrogen and oxygen atoms in total. The van der Waals surface area contributed by atoms with Crippen LogP contribution in [0, 0.1) is 0 Å². The molecule has 2 heterocycles. The lowest BCUT2D eigenvalue weighted by molar-refractivity contribution is -0.0806. The SMILES string of the molecule is COc1ccc(S(=O)(=O)N2CCC3(CC2)OCCN3S(=O)(=O)c2ccc(OC)cc2)cc1. The molecule has 2 aromatic rings. The molecule has 0 bridgehead atoms. The van der Waals surface area contributed by atoms with Crippen LogP contribution in [-0.2, 0) is 24.8 Å². The standard InChI is InChI=1S/C21H26N2O7S2/c1-28-17-3-7-19(8-4-17)31(24,25)22-13-11-21(12-14-22)23(15-16-30-21)32(26,27)20-9-5-18(29-2)6-10-20/h3-10H,11-16H2,1-2H3. The van der Waals surface area contributed by atoms with Gasteiger partial charge in [-0.1, -0.05) is 0 Å². The van der Waals surface area contributed by atoms with Gasteiger partial charge in [0.15, 0.2) is 0 Å². The fourth-order valence-electron chi connectivity index (χ4n) is 4.17. The molecule has 2 aromatic carbocycles. The highest BCUT2D eigenvalue weighted by atomic mass is 32.2. The number of methoxy groups -OCH3 is 2. The first kappa shape index (κ1) is 23.0. The van der Waals surface area contributed by atoms with Crippen LogP contribution in [0.5, 0.6) is 11.5 Å². The number of nitrogens with zero attached hydrogens (tertiary/aromatic N) is 2. The lowest BCUT2D eigenvalue weighted by atomic mass is 10.0. The predicted octanol–water partition coefficient (Wildman–Crippen LogP) is 1.91. The molecule has 0 radical (unpaired) electrons. The Bertz CT molecular complexity index is 1160. The van der Waals surface area contributed by atoms with Crippen molar-refractivity contribution in [3.63, 3.8) is 0 Å². The summed E-state index contributed by atoms with van der Waals surface area (Å²) in [5.41, 5.74) is -1.05. The Balaban J connectivity index is 1.53. The minimum atomic E-state index is -3.81. The van der Waals surface area contributed by atoms with Crippen LogP contribution < -0.4 is 9.47 Å². The van der Waals surface area contributed by atoms with Crippen molar-refractivity contribution >= 4 is 20.0 Å². The van der Waals surface area contributed by atoms with Crippen LogP contribution in [0.15, 0.2) is 58.3 Å². The van der Waals surface area contributed by atoms with Gasteiger partial charge in [-0.2, -0.15) is 8.61 Å². The molecular weight excluding hydrogens is 456 g/mol. The van der Waals surface area contributed by atoms with E-state index >= 15 is 0 Å². The van der Waals surface area contributed by atoms with Gasteiger partial charge in [0.25, 0.3) is 0 Å². The van der Waals surface area contributed by atoms with Gasteiger partial charge in [-0.05, 0) is 48.5 Å². The average molecular weight is 483 g/mol. The summed E-state index contributed by atoms with van der Waals surface area (Å²) in [4.78, 5) is 0.320. The van der Waals surface area contributed by atoms with E-state index in [-0.39, 0.29) is 48.9 Å². The van der Waals surface area contributed by atoms with Crippen LogP contribution in [0.3, 0.4) is 0 Å². The van der Waals surface area contributed by atoms with E-state index in [1.165, 1.54) is 47.1 Å². The maximum atomic E-state index is 13.3. The van der Waals surface area contributed by atoms with E-state index in [9.17, 15) is 16.8 Å². The van der Waals surface area contributed by atoms with Gasteiger partial charge in [0.2, 0.25) is 20.0 Å². The first-order valence-electron chi connectivity index (χ1n) is 10.2. The average Bonchev–Trinajstić information content (AvgIpc) is 3.23. The van der Waals surface area contributed by atoms with Crippen molar-refractivity contribution in [2.45, 2.75) is 28.4 Å². The molecule has 2 saturated heterocycles. The van der Waals surface area contributed by atoms with Crippen molar-refractivity contribution in [2.75, 3.05) is 40.5 Å². The molecule has 4 rings (SSSR count). The topological polar surface area (TPSA) is 102 Å². The summed E-state index contributed by atoms with van der Waals surface area (Å²) in [7, 11) is -4.49. The molecule has 0 aromatic heterocycles. The van der Waals surface area contributed by atoms with Crippen LogP contribution >= 0.6 is 0 Å². The molecule has 174 valence electrons. The summed E-state index contributed by atoms with van der Waals surface area (Å²) in [5.74, 6) is 1.13. The third kappa shape index (κ3) is 3.99. The molecule has 2 aliphatic heterocycles. The van der Waals surface area contributed by atoms with Gasteiger partial charge < -0.3 is 14.2 Å². The minimum Gasteiger partial charge on any atom is -0.497 e. The molecule has 0 saturated carbocycles. The quantitative estimate of drug-likeness (QED) is 0.620. The molecule has 0 amide bonds. The number of hydrogen-bond acceptors (Lipinski definition) is 7. The molecular formula is C21H26N2O7S2. The Kier molecular flexibility index (Phi) is 6.21. The fraction of sp³-hybridized carbons (Fsp3) is 0.429. The second-order valence-electron chi connectivity index (χ2n) is 7.63. The summed E-state index contributed by atoms with van der Waals surface area (Å²) in [6.45, 7) is 0.798. The highest BCUT2D eigenvalue weighted by Crippen LogP contribution is 2.39. The van der Waals surface area contributed by atoms with Crippen LogP contribution in [0.4, 0.5) is 0 Å². The van der Waals surface area contributed by atoms with E-state index in [1.54, 1.807) is 24.3 Å². The van der Waals surface area contributed by atoms with Gasteiger partial charge in [0.1, 0.15) is 17.2 Å². The lowest BCUT2D eigenvalue weighted by Crippen LogP contribution is -2.55. The van der Waals surface area contributed by atoms with Crippen LogP contribution in [0.25, 0.3) is 0 Å². The molecule has 1 spiro atoms. The zero-order valence-electron chi connectivity index (χ0n) is 17.9. The number of piperidine rings is 1. The minimum absolute atomic E-state index is 0.149. The second kappa shape index (κ2) is 8.64. The van der Waals surface area contributed by atoms with Gasteiger partial charge in [0, 0.05) is 32.5 Å². The normalized spacial score (nSPS) is 19.8. The Morgan fingerprint density at radius 3 is 1.69 bits per heavy atom. The van der Waals surface area contributed by atoms with Gasteiger partial charge >= 0.3 is 0 Å². The molecule has 0 aliphatic carbocycles. The van der Waals surface area contributed by atoms with E-state index in [2.05, 4.69) is 0 Å². The van der Waals surface area contributed by atoms with Crippen LogP contribution in [-0.4, -0.2) is 71.6 Å². The number of benzene rings is 2. The van der Waals surface area contributed by atoms with Crippen molar-refractivity contribution in [2.24, 2.45) is 0 Å². The Labute approximate surface area is 188 Å². The Hall–Kier alpha value is -2.18. The monoisotopic (exact) mass is 482 g/mol. The highest BCUT2D eigenvalue weighted by molar-refractivity contribution is 7.89. The summed E-state index contributed by atoms with van der Waals surface area (Å²) in [6.07, 6.45) is 0.496. The van der Waals surface area contributed by atoms with Gasteiger partial charge in [-0.15, -0.1) is 0 Å². The summed E-state index contributed by atoms with van der Waals surface area (Å²) >= 11 is 0. The summed E-state index contributed by atoms with van der Waals surface area (Å²) in [6, 6.07) is 12.4. The van der Waals surface area contributed by atoms with E-state index in [4.69, 9.17) is 14.2 Å². The fourth-order valence-corrected chi connectivity index (χ4v) is 7.34. The Morgan fingerprint density at radius 2 is 1.22 bits per heavy atom. The van der Waals surface area contributed by atoms with Crippen molar-refractivity contribution in [3.05, 3.63) is 48.5 Å². The van der Waals surface area contributed by atoms with E-state index < -0.39 is 25.8 Å². The summed E-state index contributed by atoms with van der Waals surface area (Å²) in [5, 5.41) is 0. The highest BCUT2D eigenvalue weighted by Gasteiger charge is 2.51. The molecule has 0 unspecified atom stereocenters. The summed E-state index contributed by atoms with van der Waals surface area (Å²) < 4.78 is 71.6. The molecule has 2 aliphatic rings. The maximum absolute atomic E-state index is 13.3. The first-order valence-corrected chi connectivity index (χ1v) is 13.1. The third-order valence-electron chi connectivity index (χ3n) is 5.97. The van der Waals surface area contributed by atoms with E-state index in [0.29, 0.717) is 11.5 Å². The van der Waals surface area contributed by atoms with Crippen LogP contribution in [0.1, 0.15) is 12.8 Å². The van der Waals surface area contributed by atoms with Gasteiger partial charge in [0.05, 0.1) is 30.6 Å². The molecule has 0 atom stereocenters. The third-order valence-corrected chi connectivity index (χ3v) is 9.84. The van der Waals surface area contributed by atoms with Crippen LogP contribution in [0.2, 0.25) is 0 Å². The zero-order valence-corrected chi connectivity index (χ0v) is 19.6. The van der Waals surface area contributed by atoms with E-state index in [1.807, 2.05) is 0 Å². The molecule has 0 N–H and O–H groups in total. The van der Waals surface area contributed by atoms with E-state index in [0.717, 1.165) is 0 Å². The molecule has 2 fully saturated rings. The predicted molar refractivity (Wildman–Crippen MR) is 117 cm³/mol. The second-order valence-corrected chi connectivity index (χ2v) is 11.4. The van der Waals surface area contributed by atoms with Crippen molar-refractivity contribution in [1.82, 2.24) is 8.61 Å². The largest absolute Gasteiger partial charge is 0.497 e. The number of hydrogen-bond donors (Lipinski definition) is 0. The van der Waals surface area contributed by atoms with Gasteiger partial charge in [-0.25, -0.2) is 16.8 Å². The van der Waals surface area contributed by atoms with Crippen molar-refractivity contribution in [3.8, 4) is 11.5 Å². The van der Waals surface area contributed by atoms with Crippen molar-refractivity contribution < 1.29 is 31.0 Å². The molecule has 32 heavy (non-hydrogen) atoms. The number of rotatable bonds is 6. The Morgan fingerprint density at radius 1 is 0.750 bits per heavy atom. The first-order chi connectivity index (χ1) is 15.2. The number of ether oxygens (including phenoxy) is 3. The van der Waals surface area contributed by atoms with Crippen molar-refractivity contribution in [1.29, 1.82) is 0 Å². The maximum Gasteiger partial charge on any atom is 0.245 e. The van der Waals surface area contributed by atoms with Gasteiger partial charge in [-0.3, -0.25) is 0 Å². The molecule has 11 heteroatoms. The smallest absolute Gasteiger partial charge is 0.245 e. The lowest BCUT2D eigenvalue weighted by Gasteiger charge is -2.42. The number of sulfonamides is 2. The zero-order chi connectivity index (χ0) is 23.0.